The second-order valence-electron chi connectivity index (χ2n) is 15.2. The lowest BCUT2D eigenvalue weighted by molar-refractivity contribution is -0.187. The molecule has 244 valence electrons. The molecule has 2 aromatic heterocycles. The number of nitrogens with one attached hydrogen (secondary N) is 1. The van der Waals surface area contributed by atoms with Gasteiger partial charge in [-0.1, -0.05) is 20.8 Å². The number of ether oxygens (including phenoxy) is 2. The lowest BCUT2D eigenvalue weighted by Crippen LogP contribution is -2.76. The summed E-state index contributed by atoms with van der Waals surface area (Å²) in [6.45, 7) is 14.2. The Morgan fingerprint density at radius 3 is 2.47 bits per heavy atom. The number of hydrogen-bond acceptors (Lipinski definition) is 8. The van der Waals surface area contributed by atoms with E-state index in [1.807, 2.05) is 43.2 Å². The van der Waals surface area contributed by atoms with Gasteiger partial charge in [0, 0.05) is 36.8 Å². The minimum atomic E-state index is -0.581. The molecule has 1 saturated heterocycles. The van der Waals surface area contributed by atoms with Crippen LogP contribution in [0.25, 0.3) is 16.9 Å². The highest BCUT2D eigenvalue weighted by molar-refractivity contribution is 5.83. The molecule has 4 aliphatic carbocycles. The number of pyridine rings is 1. The summed E-state index contributed by atoms with van der Waals surface area (Å²) in [5.74, 6) is 0.554. The van der Waals surface area contributed by atoms with Gasteiger partial charge in [-0.05, 0) is 76.7 Å². The quantitative estimate of drug-likeness (QED) is 0.497. The second kappa shape index (κ2) is 10.6. The van der Waals surface area contributed by atoms with E-state index in [0.29, 0.717) is 61.8 Å². The fourth-order valence-corrected chi connectivity index (χ4v) is 8.43. The van der Waals surface area contributed by atoms with Gasteiger partial charge in [-0.2, -0.15) is 4.80 Å². The summed E-state index contributed by atoms with van der Waals surface area (Å²) in [5.41, 5.74) is 2.45. The lowest BCUT2D eigenvalue weighted by atomic mass is 9.36. The molecule has 2 bridgehead atoms. The van der Waals surface area contributed by atoms with Gasteiger partial charge in [0.25, 0.3) is 0 Å². The molecular formula is C33H47N7O5. The molecule has 12 nitrogen and oxygen atoms in total. The average molecular weight is 622 g/mol. The molecule has 0 aromatic carbocycles. The van der Waals surface area contributed by atoms with E-state index in [0.717, 1.165) is 43.5 Å². The Balaban J connectivity index is 1.24. The van der Waals surface area contributed by atoms with Crippen LogP contribution >= 0.6 is 0 Å². The molecule has 45 heavy (non-hydrogen) atoms. The Bertz CT molecular complexity index is 1610. The minimum Gasteiger partial charge on any atom is -0.444 e. The molecule has 0 unspecified atom stereocenters. The Kier molecular flexibility index (Phi) is 7.10. The van der Waals surface area contributed by atoms with Gasteiger partial charge in [0.2, 0.25) is 11.3 Å². The number of hydrogen-bond donors (Lipinski definition) is 1. The summed E-state index contributed by atoms with van der Waals surface area (Å²) in [4.78, 5) is 46.7. The van der Waals surface area contributed by atoms with Crippen molar-refractivity contribution >= 4 is 34.5 Å². The second-order valence-corrected chi connectivity index (χ2v) is 15.2. The van der Waals surface area contributed by atoms with Gasteiger partial charge in [-0.3, -0.25) is 9.59 Å². The number of aromatic nitrogens is 4. The molecule has 4 heterocycles. The molecule has 0 spiro atoms. The van der Waals surface area contributed by atoms with E-state index >= 15 is 0 Å². The standard InChI is InChI=1S/C33H47N7O5/c1-7-22-27(37-12-13-38(24-9-8-23(24)37)30(43)45-31(4,5)6)28(42)26-29(36-40(35-26)21-10-14-44-15-11-21)39(22)16-25(41)34-33-17-32(18-33,19-33)20(2)3/h10,20,23-24H,7-9,11-19H2,1-6H3,(H,34,41)/t23-,24-,32?,33?/m0/s1. The van der Waals surface area contributed by atoms with Gasteiger partial charge >= 0.3 is 6.09 Å². The predicted octanol–water partition coefficient (Wildman–Crippen LogP) is 3.70. The third kappa shape index (κ3) is 4.94. The van der Waals surface area contributed by atoms with Crippen LogP contribution in [0.2, 0.25) is 0 Å². The van der Waals surface area contributed by atoms with Crippen molar-refractivity contribution in [3.05, 3.63) is 22.0 Å². The first kappa shape index (κ1) is 30.3. The summed E-state index contributed by atoms with van der Waals surface area (Å²) in [5, 5.41) is 12.9. The third-order valence-corrected chi connectivity index (χ3v) is 10.9. The zero-order valence-corrected chi connectivity index (χ0v) is 27.5. The molecule has 2 aliphatic heterocycles. The number of anilines is 1. The highest BCUT2D eigenvalue weighted by atomic mass is 16.6. The van der Waals surface area contributed by atoms with Crippen molar-refractivity contribution in [3.8, 4) is 0 Å². The lowest BCUT2D eigenvalue weighted by Gasteiger charge is -2.72. The van der Waals surface area contributed by atoms with Crippen LogP contribution < -0.4 is 15.6 Å². The van der Waals surface area contributed by atoms with Crippen molar-refractivity contribution in [2.75, 3.05) is 31.2 Å². The molecule has 5 fully saturated rings. The van der Waals surface area contributed by atoms with E-state index in [1.54, 1.807) is 4.80 Å². The first-order chi connectivity index (χ1) is 21.3. The van der Waals surface area contributed by atoms with Gasteiger partial charge in [-0.25, -0.2) is 4.79 Å². The number of rotatable bonds is 7. The van der Waals surface area contributed by atoms with Crippen molar-refractivity contribution in [1.29, 1.82) is 0 Å². The normalized spacial score (nSPS) is 29.0. The molecule has 0 radical (unpaired) electrons. The van der Waals surface area contributed by atoms with E-state index in [-0.39, 0.29) is 47.1 Å². The Morgan fingerprint density at radius 1 is 1.13 bits per heavy atom. The van der Waals surface area contributed by atoms with Crippen LogP contribution in [0.15, 0.2) is 10.9 Å². The van der Waals surface area contributed by atoms with Gasteiger partial charge < -0.3 is 29.2 Å². The van der Waals surface area contributed by atoms with E-state index in [4.69, 9.17) is 19.7 Å². The maximum Gasteiger partial charge on any atom is 0.410 e. The monoisotopic (exact) mass is 621 g/mol. The Hall–Kier alpha value is -3.41. The fraction of sp³-hybridized carbons (Fsp3) is 0.727. The molecular weight excluding hydrogens is 574 g/mol. The molecule has 6 aliphatic rings. The zero-order valence-electron chi connectivity index (χ0n) is 27.5. The van der Waals surface area contributed by atoms with E-state index in [2.05, 4.69) is 24.1 Å². The summed E-state index contributed by atoms with van der Waals surface area (Å²) in [6, 6.07) is -0.0453. The molecule has 2 atom stereocenters. The number of piperazine rings is 1. The van der Waals surface area contributed by atoms with Crippen molar-refractivity contribution in [2.45, 2.75) is 116 Å². The van der Waals surface area contributed by atoms with Crippen LogP contribution in [0.4, 0.5) is 10.5 Å². The number of carbonyl (C=O) groups excluding carboxylic acids is 2. The maximum atomic E-state index is 14.4. The van der Waals surface area contributed by atoms with Crippen LogP contribution in [-0.4, -0.2) is 86.0 Å². The highest BCUT2D eigenvalue weighted by Crippen LogP contribution is 2.70. The molecule has 4 saturated carbocycles. The average Bonchev–Trinajstić information content (AvgIpc) is 3.37. The van der Waals surface area contributed by atoms with Gasteiger partial charge in [-0.15, -0.1) is 10.2 Å². The Morgan fingerprint density at radius 2 is 1.87 bits per heavy atom. The summed E-state index contributed by atoms with van der Waals surface area (Å²) in [7, 11) is 0. The summed E-state index contributed by atoms with van der Waals surface area (Å²) >= 11 is 0. The van der Waals surface area contributed by atoms with Gasteiger partial charge in [0.05, 0.1) is 25.0 Å². The molecule has 2 aromatic rings. The van der Waals surface area contributed by atoms with Crippen LogP contribution in [0.5, 0.6) is 0 Å². The van der Waals surface area contributed by atoms with Crippen molar-refractivity contribution in [1.82, 2.24) is 29.8 Å². The molecule has 1 N–H and O–H groups in total. The predicted molar refractivity (Wildman–Crippen MR) is 170 cm³/mol. The van der Waals surface area contributed by atoms with E-state index < -0.39 is 5.60 Å². The largest absolute Gasteiger partial charge is 0.444 e. The van der Waals surface area contributed by atoms with Crippen molar-refractivity contribution in [2.24, 2.45) is 11.3 Å². The van der Waals surface area contributed by atoms with Crippen LogP contribution in [0, 0.1) is 11.3 Å². The smallest absolute Gasteiger partial charge is 0.410 e. The first-order valence-electron chi connectivity index (χ1n) is 16.7. The number of amides is 2. The van der Waals surface area contributed by atoms with Crippen molar-refractivity contribution < 1.29 is 19.1 Å². The third-order valence-electron chi connectivity index (χ3n) is 10.9. The topological polar surface area (TPSA) is 124 Å². The maximum absolute atomic E-state index is 14.4. The number of carbonyl (C=O) groups is 2. The first-order valence-corrected chi connectivity index (χ1v) is 16.7. The summed E-state index contributed by atoms with van der Waals surface area (Å²) < 4.78 is 13.1. The molecule has 12 heteroatoms. The fourth-order valence-electron chi connectivity index (χ4n) is 8.43. The molecule has 8 rings (SSSR count). The van der Waals surface area contributed by atoms with Gasteiger partial charge in [0.1, 0.15) is 17.8 Å². The van der Waals surface area contributed by atoms with E-state index in [9.17, 15) is 14.4 Å². The Labute approximate surface area is 264 Å². The van der Waals surface area contributed by atoms with E-state index in [1.165, 1.54) is 0 Å². The van der Waals surface area contributed by atoms with Crippen LogP contribution in [0.1, 0.15) is 85.8 Å². The minimum absolute atomic E-state index is 0.00904. The van der Waals surface area contributed by atoms with Crippen LogP contribution in [0.3, 0.4) is 0 Å². The zero-order chi connectivity index (χ0) is 31.9. The summed E-state index contributed by atoms with van der Waals surface area (Å²) in [6.07, 6.45) is 7.64. The highest BCUT2D eigenvalue weighted by Gasteiger charge is 2.69. The molecule has 2 amide bonds. The number of nitrogens with zero attached hydrogens (tertiary/aromatic N) is 6. The SMILES string of the molecule is CCc1c(N2CCN(C(=O)OC(C)(C)C)[C@H]3CC[C@@H]32)c(=O)c2nn(C3=CCOCC3)nc2n1CC(=O)NC12CC(C(C)C)(C1)C2. The van der Waals surface area contributed by atoms with Crippen LogP contribution in [-0.2, 0) is 27.2 Å². The van der Waals surface area contributed by atoms with Crippen molar-refractivity contribution in [3.63, 3.8) is 0 Å². The number of fused-ring (bicyclic) bond motifs is 2. The van der Waals surface area contributed by atoms with Gasteiger partial charge in [0.15, 0.2) is 11.2 Å².